The lowest BCUT2D eigenvalue weighted by atomic mass is 9.85. The maximum absolute atomic E-state index is 9.64. The Morgan fingerprint density at radius 2 is 2.25 bits per heavy atom. The van der Waals surface area contributed by atoms with Crippen LogP contribution in [0, 0.1) is 0 Å². The van der Waals surface area contributed by atoms with Gasteiger partial charge in [0, 0.05) is 6.42 Å². The lowest BCUT2D eigenvalue weighted by Gasteiger charge is -2.16. The third-order valence-electron chi connectivity index (χ3n) is 2.63. The minimum atomic E-state index is -0.586. The second-order valence-electron chi connectivity index (χ2n) is 4.13. The quantitative estimate of drug-likeness (QED) is 0.461. The summed E-state index contributed by atoms with van der Waals surface area (Å²) in [4.78, 5) is 0. The van der Waals surface area contributed by atoms with E-state index in [2.05, 4.69) is 0 Å². The molecule has 1 fully saturated rings. The van der Waals surface area contributed by atoms with Crippen molar-refractivity contribution in [3.8, 4) is 0 Å². The van der Waals surface area contributed by atoms with Crippen molar-refractivity contribution in [2.75, 3.05) is 6.61 Å². The summed E-state index contributed by atoms with van der Waals surface area (Å²) >= 11 is 0. The Kier molecular flexibility index (Phi) is 5.21. The van der Waals surface area contributed by atoms with Gasteiger partial charge in [0.2, 0.25) is 7.41 Å². The summed E-state index contributed by atoms with van der Waals surface area (Å²) < 4.78 is 5.41. The second-order valence-corrected chi connectivity index (χ2v) is 4.13. The Hall–Kier alpha value is -0.615. The Balaban J connectivity index is 2.75. The van der Waals surface area contributed by atoms with Gasteiger partial charge in [0.25, 0.3) is 0 Å². The van der Waals surface area contributed by atoms with E-state index >= 15 is 0 Å². The number of aliphatic hydroxyl groups excluding tert-OH is 2. The van der Waals surface area contributed by atoms with Gasteiger partial charge in [-0.15, -0.1) is 0 Å². The highest BCUT2D eigenvalue weighted by atomic mass is 16.5. The van der Waals surface area contributed by atoms with Gasteiger partial charge in [-0.1, -0.05) is 24.5 Å². The number of aliphatic hydroxyl groups is 2. The maximum atomic E-state index is 9.64. The van der Waals surface area contributed by atoms with Crippen molar-refractivity contribution >= 4 is 7.41 Å². The van der Waals surface area contributed by atoms with Crippen molar-refractivity contribution in [2.45, 2.75) is 38.6 Å². The van der Waals surface area contributed by atoms with Crippen molar-refractivity contribution in [3.63, 3.8) is 0 Å². The molecule has 3 atom stereocenters. The van der Waals surface area contributed by atoms with Gasteiger partial charge in [-0.3, -0.25) is 0 Å². The van der Waals surface area contributed by atoms with Crippen LogP contribution in [-0.2, 0) is 4.74 Å². The minimum absolute atomic E-state index is 0.197. The van der Waals surface area contributed by atoms with E-state index in [0.717, 1.165) is 11.0 Å². The molecule has 1 aliphatic heterocycles. The lowest BCUT2D eigenvalue weighted by Crippen LogP contribution is -2.19. The van der Waals surface area contributed by atoms with E-state index in [1.165, 1.54) is 7.41 Å². The first-order valence-electron chi connectivity index (χ1n) is 5.45. The van der Waals surface area contributed by atoms with Crippen molar-refractivity contribution in [1.82, 2.24) is 0 Å². The molecule has 0 bridgehead atoms. The fourth-order valence-corrected chi connectivity index (χ4v) is 1.64. The zero-order valence-electron chi connectivity index (χ0n) is 9.76. The van der Waals surface area contributed by atoms with Gasteiger partial charge in [0.15, 0.2) is 0 Å². The molecular formula is C11H19BNO3. The molecule has 1 radical (unpaired) electrons. The predicted octanol–water partition coefficient (Wildman–Crippen LogP) is -0.0749. The summed E-state index contributed by atoms with van der Waals surface area (Å²) in [5, 5.41) is 19.0. The van der Waals surface area contributed by atoms with E-state index < -0.39 is 12.2 Å². The van der Waals surface area contributed by atoms with Crippen LogP contribution in [0.2, 0.25) is 0 Å². The van der Waals surface area contributed by atoms with Crippen LogP contribution in [0.5, 0.6) is 0 Å². The van der Waals surface area contributed by atoms with Crippen LogP contribution < -0.4 is 5.64 Å². The molecule has 0 aromatic carbocycles. The third-order valence-corrected chi connectivity index (χ3v) is 2.63. The molecule has 89 valence electrons. The second kappa shape index (κ2) is 6.20. The highest BCUT2D eigenvalue weighted by molar-refractivity contribution is 6.41. The van der Waals surface area contributed by atoms with Crippen molar-refractivity contribution in [3.05, 3.63) is 23.2 Å². The first kappa shape index (κ1) is 13.4. The fraction of sp³-hybridized carbons (Fsp3) is 0.636. The first-order valence-corrected chi connectivity index (χ1v) is 5.45. The highest BCUT2D eigenvalue weighted by Gasteiger charge is 2.28. The van der Waals surface area contributed by atoms with Crippen LogP contribution in [0.25, 0.3) is 0 Å². The normalized spacial score (nSPS) is 29.3. The van der Waals surface area contributed by atoms with Gasteiger partial charge >= 0.3 is 0 Å². The van der Waals surface area contributed by atoms with Gasteiger partial charge in [-0.25, -0.2) is 0 Å². The highest BCUT2D eigenvalue weighted by Crippen LogP contribution is 2.23. The van der Waals surface area contributed by atoms with E-state index in [1.807, 2.05) is 19.1 Å². The van der Waals surface area contributed by atoms with Crippen LogP contribution in [0.3, 0.4) is 0 Å². The van der Waals surface area contributed by atoms with E-state index in [4.69, 9.17) is 10.4 Å². The molecule has 1 saturated heterocycles. The number of hydrogen-bond donors (Lipinski definition) is 3. The molecule has 5 heteroatoms. The van der Waals surface area contributed by atoms with Crippen molar-refractivity contribution in [1.29, 1.82) is 0 Å². The van der Waals surface area contributed by atoms with Crippen LogP contribution in [-0.4, -0.2) is 42.5 Å². The molecule has 0 saturated carbocycles. The SMILES string of the molecule is C/C([B]N)=C/C=C(/C(C)O)C1CC(O)CO1. The smallest absolute Gasteiger partial charge is 0.236 e. The van der Waals surface area contributed by atoms with E-state index in [0.29, 0.717) is 13.0 Å². The molecule has 0 aliphatic carbocycles. The number of hydrogen-bond acceptors (Lipinski definition) is 4. The average Bonchev–Trinajstić information content (AvgIpc) is 2.64. The van der Waals surface area contributed by atoms with Crippen LogP contribution >= 0.6 is 0 Å². The van der Waals surface area contributed by atoms with Gasteiger partial charge < -0.3 is 20.6 Å². The zero-order valence-corrected chi connectivity index (χ0v) is 9.76. The van der Waals surface area contributed by atoms with E-state index in [-0.39, 0.29) is 6.10 Å². The monoisotopic (exact) mass is 224 g/mol. The number of rotatable bonds is 4. The van der Waals surface area contributed by atoms with E-state index in [1.54, 1.807) is 6.92 Å². The molecule has 1 rings (SSSR count). The number of allylic oxidation sites excluding steroid dienone is 3. The zero-order chi connectivity index (χ0) is 12.1. The number of nitrogens with two attached hydrogens (primary N) is 1. The molecule has 4 nitrogen and oxygen atoms in total. The topological polar surface area (TPSA) is 75.7 Å². The molecule has 1 aliphatic rings. The van der Waals surface area contributed by atoms with Gasteiger partial charge in [-0.05, 0) is 12.5 Å². The predicted molar refractivity (Wildman–Crippen MR) is 63.8 cm³/mol. The third kappa shape index (κ3) is 3.75. The summed E-state index contributed by atoms with van der Waals surface area (Å²) in [6, 6.07) is 0. The van der Waals surface area contributed by atoms with Crippen LogP contribution in [0.4, 0.5) is 0 Å². The first-order chi connectivity index (χ1) is 7.54. The summed E-state index contributed by atoms with van der Waals surface area (Å²) in [6.45, 7) is 3.90. The fourth-order valence-electron chi connectivity index (χ4n) is 1.64. The molecule has 0 aromatic rings. The number of ether oxygens (including phenoxy) is 1. The summed E-state index contributed by atoms with van der Waals surface area (Å²) in [7, 11) is 1.50. The van der Waals surface area contributed by atoms with Crippen LogP contribution in [0.1, 0.15) is 20.3 Å². The maximum Gasteiger partial charge on any atom is 0.236 e. The average molecular weight is 224 g/mol. The standard InChI is InChI=1S/C11H19BNO3/c1-7(12-13)3-4-10(8(2)14)11-5-9(15)6-16-11/h3-4,8-9,11,14-15H,5-6,13H2,1-2H3/b7-3-,10-4-. The Bertz CT molecular complexity index is 289. The molecule has 4 N–H and O–H groups in total. The van der Waals surface area contributed by atoms with Crippen LogP contribution in [0.15, 0.2) is 23.2 Å². The largest absolute Gasteiger partial charge is 0.391 e. The Morgan fingerprint density at radius 1 is 1.56 bits per heavy atom. The van der Waals surface area contributed by atoms with Crippen molar-refractivity contribution in [2.24, 2.45) is 5.64 Å². The van der Waals surface area contributed by atoms with Gasteiger partial charge in [-0.2, -0.15) is 0 Å². The van der Waals surface area contributed by atoms with E-state index in [9.17, 15) is 10.2 Å². The molecule has 3 unspecified atom stereocenters. The van der Waals surface area contributed by atoms with Gasteiger partial charge in [0.1, 0.15) is 0 Å². The molecule has 1 heterocycles. The lowest BCUT2D eigenvalue weighted by molar-refractivity contribution is 0.0902. The summed E-state index contributed by atoms with van der Waals surface area (Å²) in [6.07, 6.45) is 2.96. The Morgan fingerprint density at radius 3 is 2.69 bits per heavy atom. The molecule has 16 heavy (non-hydrogen) atoms. The van der Waals surface area contributed by atoms with Gasteiger partial charge in [0.05, 0.1) is 24.9 Å². The van der Waals surface area contributed by atoms with Crippen molar-refractivity contribution < 1.29 is 14.9 Å². The minimum Gasteiger partial charge on any atom is -0.391 e. The summed E-state index contributed by atoms with van der Waals surface area (Å²) in [5.74, 6) is 0. The molecule has 0 aromatic heterocycles. The Labute approximate surface area is 97.1 Å². The molecule has 0 amide bonds. The molecule has 0 spiro atoms. The molecular weight excluding hydrogens is 205 g/mol. The summed E-state index contributed by atoms with van der Waals surface area (Å²) in [5.41, 5.74) is 7.04.